The van der Waals surface area contributed by atoms with Gasteiger partial charge in [-0.15, -0.1) is 0 Å². The summed E-state index contributed by atoms with van der Waals surface area (Å²) in [6, 6.07) is 0. The van der Waals surface area contributed by atoms with Gasteiger partial charge >= 0.3 is 0 Å². The molecular formula is C13H25NO3. The van der Waals surface area contributed by atoms with Crippen LogP contribution in [0.2, 0.25) is 0 Å². The summed E-state index contributed by atoms with van der Waals surface area (Å²) in [5.41, 5.74) is 0. The van der Waals surface area contributed by atoms with E-state index in [1.807, 2.05) is 0 Å². The molecular weight excluding hydrogens is 218 g/mol. The van der Waals surface area contributed by atoms with Crippen molar-refractivity contribution in [2.75, 3.05) is 33.1 Å². The van der Waals surface area contributed by atoms with Gasteiger partial charge in [0.25, 0.3) is 0 Å². The number of rotatable bonds is 5. The predicted octanol–water partition coefficient (Wildman–Crippen LogP) is 1.14. The summed E-state index contributed by atoms with van der Waals surface area (Å²) >= 11 is 0. The lowest BCUT2D eigenvalue weighted by Crippen LogP contribution is -2.38. The van der Waals surface area contributed by atoms with Gasteiger partial charge in [0.15, 0.2) is 0 Å². The molecule has 0 aromatic carbocycles. The minimum absolute atomic E-state index is 0.305. The Hall–Kier alpha value is -0.160. The smallest absolute Gasteiger partial charge is 0.147 e. The van der Waals surface area contributed by atoms with Gasteiger partial charge in [-0.1, -0.05) is 12.8 Å². The predicted molar refractivity (Wildman–Crippen MR) is 65.7 cm³/mol. The van der Waals surface area contributed by atoms with Crippen molar-refractivity contribution in [3.05, 3.63) is 0 Å². The number of aliphatic hydroxyl groups is 1. The molecule has 1 saturated heterocycles. The van der Waals surface area contributed by atoms with Gasteiger partial charge in [-0.05, 0) is 37.6 Å². The minimum Gasteiger partial charge on any atom is -0.396 e. The Morgan fingerprint density at radius 2 is 1.88 bits per heavy atom. The topological polar surface area (TPSA) is 50.7 Å². The van der Waals surface area contributed by atoms with E-state index in [0.717, 1.165) is 26.1 Å². The van der Waals surface area contributed by atoms with E-state index in [2.05, 4.69) is 5.32 Å². The van der Waals surface area contributed by atoms with Crippen molar-refractivity contribution < 1.29 is 14.6 Å². The summed E-state index contributed by atoms with van der Waals surface area (Å²) in [5, 5.41) is 12.8. The fourth-order valence-electron chi connectivity index (χ4n) is 2.89. The monoisotopic (exact) mass is 243 g/mol. The molecule has 17 heavy (non-hydrogen) atoms. The van der Waals surface area contributed by atoms with Crippen LogP contribution in [0.25, 0.3) is 0 Å². The lowest BCUT2D eigenvalue weighted by Gasteiger charge is -2.31. The van der Waals surface area contributed by atoms with E-state index in [0.29, 0.717) is 31.3 Å². The highest BCUT2D eigenvalue weighted by molar-refractivity contribution is 4.77. The van der Waals surface area contributed by atoms with Crippen molar-refractivity contribution in [1.82, 2.24) is 5.32 Å². The Labute approximate surface area is 104 Å². The second kappa shape index (κ2) is 7.31. The molecule has 2 fully saturated rings. The van der Waals surface area contributed by atoms with Crippen LogP contribution < -0.4 is 5.32 Å². The van der Waals surface area contributed by atoms with Crippen molar-refractivity contribution in [3.63, 3.8) is 0 Å². The fourth-order valence-corrected chi connectivity index (χ4v) is 2.89. The number of hydrogen-bond donors (Lipinski definition) is 2. The first-order valence-corrected chi connectivity index (χ1v) is 6.91. The highest BCUT2D eigenvalue weighted by atomic mass is 16.7. The number of nitrogens with one attached hydrogen (secondary N) is 1. The van der Waals surface area contributed by atoms with Crippen molar-refractivity contribution >= 4 is 0 Å². The van der Waals surface area contributed by atoms with Crippen LogP contribution in [-0.2, 0) is 9.47 Å². The molecule has 2 N–H and O–H groups in total. The molecule has 0 aromatic heterocycles. The van der Waals surface area contributed by atoms with Crippen LogP contribution in [0, 0.1) is 11.8 Å². The van der Waals surface area contributed by atoms with E-state index in [-0.39, 0.29) is 0 Å². The molecule has 0 aromatic rings. The van der Waals surface area contributed by atoms with E-state index in [4.69, 9.17) is 9.47 Å². The van der Waals surface area contributed by atoms with E-state index in [9.17, 15) is 5.11 Å². The second-order valence-corrected chi connectivity index (χ2v) is 5.25. The Balaban J connectivity index is 1.62. The summed E-state index contributed by atoms with van der Waals surface area (Å²) < 4.78 is 10.6. The number of aliphatic hydroxyl groups excluding tert-OH is 1. The Bertz CT molecular complexity index is 207. The number of hydrogen-bond acceptors (Lipinski definition) is 4. The maximum atomic E-state index is 9.34. The van der Waals surface area contributed by atoms with E-state index < -0.39 is 0 Å². The SMILES string of the molecule is OCC1CCCCC1CNCC1CCOCO1. The van der Waals surface area contributed by atoms with Gasteiger partial charge in [-0.3, -0.25) is 0 Å². The van der Waals surface area contributed by atoms with Crippen LogP contribution in [0.5, 0.6) is 0 Å². The fraction of sp³-hybridized carbons (Fsp3) is 1.00. The largest absolute Gasteiger partial charge is 0.396 e. The first-order chi connectivity index (χ1) is 8.40. The third-order valence-electron chi connectivity index (χ3n) is 4.05. The Morgan fingerprint density at radius 1 is 1.06 bits per heavy atom. The van der Waals surface area contributed by atoms with Gasteiger partial charge in [-0.2, -0.15) is 0 Å². The average molecular weight is 243 g/mol. The third-order valence-corrected chi connectivity index (χ3v) is 4.05. The molecule has 0 spiro atoms. The molecule has 1 saturated carbocycles. The summed E-state index contributed by atoms with van der Waals surface area (Å²) in [6.45, 7) is 3.54. The first-order valence-electron chi connectivity index (χ1n) is 6.91. The molecule has 2 rings (SSSR count). The van der Waals surface area contributed by atoms with Gasteiger partial charge in [0.05, 0.1) is 12.7 Å². The van der Waals surface area contributed by atoms with E-state index >= 15 is 0 Å². The molecule has 2 aliphatic rings. The molecule has 0 radical (unpaired) electrons. The van der Waals surface area contributed by atoms with Crippen LogP contribution in [0.4, 0.5) is 0 Å². The highest BCUT2D eigenvalue weighted by Gasteiger charge is 2.24. The van der Waals surface area contributed by atoms with Gasteiger partial charge in [-0.25, -0.2) is 0 Å². The molecule has 1 aliphatic carbocycles. The highest BCUT2D eigenvalue weighted by Crippen LogP contribution is 2.29. The quantitative estimate of drug-likeness (QED) is 0.760. The zero-order valence-electron chi connectivity index (χ0n) is 10.6. The first kappa shape index (κ1) is 13.3. The molecule has 1 aliphatic heterocycles. The summed E-state index contributed by atoms with van der Waals surface area (Å²) in [5.74, 6) is 1.15. The molecule has 1 heterocycles. The van der Waals surface area contributed by atoms with Crippen LogP contribution in [-0.4, -0.2) is 44.3 Å². The lowest BCUT2D eigenvalue weighted by molar-refractivity contribution is -0.137. The lowest BCUT2D eigenvalue weighted by atomic mass is 9.79. The van der Waals surface area contributed by atoms with E-state index in [1.165, 1.54) is 25.7 Å². The van der Waals surface area contributed by atoms with Gasteiger partial charge in [0, 0.05) is 13.2 Å². The Kier molecular flexibility index (Phi) is 5.71. The van der Waals surface area contributed by atoms with Gasteiger partial charge in [0.1, 0.15) is 6.79 Å². The molecule has 3 unspecified atom stereocenters. The molecule has 100 valence electrons. The average Bonchev–Trinajstić information content (AvgIpc) is 2.40. The summed E-state index contributed by atoms with van der Waals surface area (Å²) in [7, 11) is 0. The third kappa shape index (κ3) is 4.21. The molecule has 0 amide bonds. The summed E-state index contributed by atoms with van der Waals surface area (Å²) in [4.78, 5) is 0. The van der Waals surface area contributed by atoms with Crippen molar-refractivity contribution in [3.8, 4) is 0 Å². The maximum Gasteiger partial charge on any atom is 0.147 e. The molecule has 3 atom stereocenters. The van der Waals surface area contributed by atoms with Gasteiger partial charge < -0.3 is 19.9 Å². The van der Waals surface area contributed by atoms with E-state index in [1.54, 1.807) is 0 Å². The molecule has 0 bridgehead atoms. The maximum absolute atomic E-state index is 9.34. The zero-order valence-corrected chi connectivity index (χ0v) is 10.6. The van der Waals surface area contributed by atoms with Crippen molar-refractivity contribution in [2.45, 2.75) is 38.2 Å². The van der Waals surface area contributed by atoms with Crippen molar-refractivity contribution in [2.24, 2.45) is 11.8 Å². The van der Waals surface area contributed by atoms with Crippen LogP contribution in [0.15, 0.2) is 0 Å². The molecule has 4 heteroatoms. The Morgan fingerprint density at radius 3 is 2.59 bits per heavy atom. The van der Waals surface area contributed by atoms with Gasteiger partial charge in [0.2, 0.25) is 0 Å². The normalized spacial score (nSPS) is 34.8. The molecule has 4 nitrogen and oxygen atoms in total. The van der Waals surface area contributed by atoms with Crippen LogP contribution in [0.1, 0.15) is 32.1 Å². The standard InChI is InChI=1S/C13H25NO3/c15-9-12-4-2-1-3-11(12)7-14-8-13-5-6-16-10-17-13/h11-15H,1-10H2. The second-order valence-electron chi connectivity index (χ2n) is 5.25. The summed E-state index contributed by atoms with van der Waals surface area (Å²) in [6.07, 6.45) is 6.34. The number of ether oxygens (including phenoxy) is 2. The zero-order chi connectivity index (χ0) is 11.9. The van der Waals surface area contributed by atoms with Crippen LogP contribution in [0.3, 0.4) is 0 Å². The minimum atomic E-state index is 0.305. The van der Waals surface area contributed by atoms with Crippen molar-refractivity contribution in [1.29, 1.82) is 0 Å². The van der Waals surface area contributed by atoms with Crippen LogP contribution >= 0.6 is 0 Å².